The van der Waals surface area contributed by atoms with Crippen LogP contribution < -0.4 is 14.8 Å². The minimum atomic E-state index is -0.778. The molecule has 2 N–H and O–H groups in total. The topological polar surface area (TPSA) is 71.0 Å². The van der Waals surface area contributed by atoms with Crippen LogP contribution in [0.15, 0.2) is 18.2 Å². The molecule has 2 bridgehead atoms. The number of rotatable bonds is 11. The Morgan fingerprint density at radius 2 is 1.77 bits per heavy atom. The van der Waals surface area contributed by atoms with Crippen molar-refractivity contribution in [2.45, 2.75) is 95.4 Å². The first-order valence-electron chi connectivity index (χ1n) is 12.3. The molecule has 1 aromatic rings. The average Bonchev–Trinajstić information content (AvgIpc) is 3.36. The summed E-state index contributed by atoms with van der Waals surface area (Å²) in [5, 5.41) is 14.5. The molecular weight excluding hydrogens is 392 g/mol. The molecule has 1 aromatic carbocycles. The van der Waals surface area contributed by atoms with Crippen molar-refractivity contribution in [3.05, 3.63) is 23.8 Å². The Kier molecular flexibility index (Phi) is 7.72. The maximum absolute atomic E-state index is 12.7. The summed E-state index contributed by atoms with van der Waals surface area (Å²) in [6.07, 6.45) is 10.3. The molecular formula is C25H42N2O4. The molecule has 3 aliphatic heterocycles. The van der Waals surface area contributed by atoms with Crippen molar-refractivity contribution >= 4 is 5.91 Å². The number of carbonyl (C=O) groups excluding carboxylic acids is 1. The summed E-state index contributed by atoms with van der Waals surface area (Å²) in [4.78, 5) is 15.2. The fourth-order valence-corrected chi connectivity index (χ4v) is 5.41. The lowest BCUT2D eigenvalue weighted by Gasteiger charge is -2.32. The third kappa shape index (κ3) is 5.53. The molecule has 0 radical (unpaired) electrons. The maximum Gasteiger partial charge on any atom is 0.220 e. The number of nitrogens with one attached hydrogen (secondary N) is 1. The molecule has 31 heavy (non-hydrogen) atoms. The van der Waals surface area contributed by atoms with Crippen molar-refractivity contribution < 1.29 is 22.2 Å². The number of unbranched alkanes of at least 4 members (excludes halogenated alkanes) is 4. The van der Waals surface area contributed by atoms with E-state index in [2.05, 4.69) is 17.1 Å². The summed E-state index contributed by atoms with van der Waals surface area (Å²) in [5.74, 6) is 1.43. The molecule has 1 amide bonds. The van der Waals surface area contributed by atoms with Gasteiger partial charge in [-0.2, -0.15) is 0 Å². The van der Waals surface area contributed by atoms with E-state index >= 15 is 0 Å². The van der Waals surface area contributed by atoms with Crippen LogP contribution in [0, 0.1) is 0 Å². The Morgan fingerprint density at radius 3 is 2.48 bits per heavy atom. The maximum atomic E-state index is 12.7. The number of aliphatic hydroxyl groups excluding tert-OH is 1. The van der Waals surface area contributed by atoms with Crippen LogP contribution in [0.25, 0.3) is 0 Å². The molecule has 6 heteroatoms. The number of aliphatic hydroxyl groups is 1. The van der Waals surface area contributed by atoms with Crippen molar-refractivity contribution in [2.75, 3.05) is 19.8 Å². The number of fused-ring (bicyclic) bond motifs is 3. The summed E-state index contributed by atoms with van der Waals surface area (Å²) < 4.78 is 11.3. The van der Waals surface area contributed by atoms with Crippen molar-refractivity contribution in [3.8, 4) is 11.5 Å². The third-order valence-corrected chi connectivity index (χ3v) is 7.15. The van der Waals surface area contributed by atoms with Gasteiger partial charge < -0.3 is 19.9 Å². The largest absolute Gasteiger partial charge is 0.486 e. The van der Waals surface area contributed by atoms with E-state index in [0.717, 1.165) is 18.4 Å². The van der Waals surface area contributed by atoms with E-state index in [1.165, 1.54) is 44.9 Å². The molecule has 2 atom stereocenters. The quantitative estimate of drug-likeness (QED) is 0.503. The van der Waals surface area contributed by atoms with Gasteiger partial charge in [-0.1, -0.05) is 38.7 Å². The third-order valence-electron chi connectivity index (χ3n) is 7.15. The molecule has 3 heterocycles. The van der Waals surface area contributed by atoms with Crippen molar-refractivity contribution in [1.82, 2.24) is 10.2 Å². The Bertz CT molecular complexity index is 731. The van der Waals surface area contributed by atoms with Gasteiger partial charge in [0.2, 0.25) is 5.91 Å². The summed E-state index contributed by atoms with van der Waals surface area (Å²) >= 11 is 0. The van der Waals surface area contributed by atoms with E-state index in [1.807, 2.05) is 18.2 Å². The molecule has 0 aromatic heterocycles. The van der Waals surface area contributed by atoms with Crippen LogP contribution in [0.2, 0.25) is 0 Å². The van der Waals surface area contributed by atoms with Gasteiger partial charge >= 0.3 is 0 Å². The highest BCUT2D eigenvalue weighted by molar-refractivity contribution is 5.76. The van der Waals surface area contributed by atoms with Gasteiger partial charge in [0.05, 0.1) is 6.04 Å². The monoisotopic (exact) mass is 434 g/mol. The molecule has 0 unspecified atom stereocenters. The van der Waals surface area contributed by atoms with Gasteiger partial charge in [-0.3, -0.25) is 9.69 Å². The van der Waals surface area contributed by atoms with Gasteiger partial charge in [0.1, 0.15) is 19.3 Å². The first kappa shape index (κ1) is 22.4. The van der Waals surface area contributed by atoms with Gasteiger partial charge in [0, 0.05) is 27.9 Å². The SMILES string of the molecule is CCCCCCCC(=O)N[C@H](CN1C2CCC1CC2)[C@H](O)c1ccc2c(c1)OCCO2.[HH].[HH]. The molecule has 0 aliphatic carbocycles. The number of hydrogen-bond donors (Lipinski definition) is 2. The van der Waals surface area contributed by atoms with Crippen molar-refractivity contribution in [1.29, 1.82) is 0 Å². The Morgan fingerprint density at radius 1 is 1.10 bits per heavy atom. The minimum Gasteiger partial charge on any atom is -0.486 e. The summed E-state index contributed by atoms with van der Waals surface area (Å²) in [6, 6.07) is 6.49. The fraction of sp³-hybridized carbons (Fsp3) is 0.720. The molecule has 4 rings (SSSR count). The fourth-order valence-electron chi connectivity index (χ4n) is 5.41. The molecule has 6 nitrogen and oxygen atoms in total. The van der Waals surface area contributed by atoms with Crippen molar-refractivity contribution in [3.63, 3.8) is 0 Å². The van der Waals surface area contributed by atoms with Gasteiger partial charge in [-0.15, -0.1) is 0 Å². The number of amides is 1. The lowest BCUT2D eigenvalue weighted by Crippen LogP contribution is -2.48. The van der Waals surface area contributed by atoms with E-state index in [1.54, 1.807) is 0 Å². The van der Waals surface area contributed by atoms with Crippen LogP contribution >= 0.6 is 0 Å². The van der Waals surface area contributed by atoms with E-state index in [0.29, 0.717) is 49.8 Å². The Hall–Kier alpha value is -1.79. The van der Waals surface area contributed by atoms with Crippen LogP contribution in [0.1, 0.15) is 85.7 Å². The number of nitrogens with zero attached hydrogens (tertiary/aromatic N) is 1. The second-order valence-electron chi connectivity index (χ2n) is 9.35. The standard InChI is InChI=1S/C25H38N2O4.2H2/c1-2-3-4-5-6-7-24(28)26-21(17-27-19-9-10-20(27)12-11-19)25(29)18-8-13-22-23(16-18)31-15-14-30-22;;/h8,13,16,19-21,25,29H,2-7,9-12,14-15,17H2,1H3,(H,26,28);2*1H/t19?,20?,21-,25-;;/m1../s1. The van der Waals surface area contributed by atoms with Crippen LogP contribution in [0.5, 0.6) is 11.5 Å². The second-order valence-corrected chi connectivity index (χ2v) is 9.35. The number of carbonyl (C=O) groups is 1. The summed E-state index contributed by atoms with van der Waals surface area (Å²) in [7, 11) is 0. The van der Waals surface area contributed by atoms with Gasteiger partial charge in [-0.05, 0) is 49.8 Å². The molecule has 3 aliphatic rings. The Balaban J connectivity index is 0.00000193. The average molecular weight is 435 g/mol. The van der Waals surface area contributed by atoms with Crippen LogP contribution in [-0.4, -0.2) is 53.8 Å². The molecule has 0 spiro atoms. The molecule has 2 fully saturated rings. The van der Waals surface area contributed by atoms with E-state index in [4.69, 9.17) is 9.47 Å². The van der Waals surface area contributed by atoms with Gasteiger partial charge in [0.25, 0.3) is 0 Å². The van der Waals surface area contributed by atoms with Gasteiger partial charge in [-0.25, -0.2) is 0 Å². The van der Waals surface area contributed by atoms with Crippen LogP contribution in [0.3, 0.4) is 0 Å². The zero-order valence-corrected chi connectivity index (χ0v) is 18.9. The number of benzene rings is 1. The summed E-state index contributed by atoms with van der Waals surface area (Å²) in [5.41, 5.74) is 0.768. The van der Waals surface area contributed by atoms with Crippen LogP contribution in [0.4, 0.5) is 0 Å². The van der Waals surface area contributed by atoms with Crippen LogP contribution in [-0.2, 0) is 4.79 Å². The smallest absolute Gasteiger partial charge is 0.220 e. The molecule has 0 saturated carbocycles. The lowest BCUT2D eigenvalue weighted by atomic mass is 10.00. The number of hydrogen-bond acceptors (Lipinski definition) is 5. The van der Waals surface area contributed by atoms with E-state index in [-0.39, 0.29) is 14.8 Å². The Labute approximate surface area is 189 Å². The highest BCUT2D eigenvalue weighted by Crippen LogP contribution is 2.39. The molecule has 2 saturated heterocycles. The summed E-state index contributed by atoms with van der Waals surface area (Å²) in [6.45, 7) is 3.96. The first-order valence-corrected chi connectivity index (χ1v) is 12.3. The van der Waals surface area contributed by atoms with E-state index < -0.39 is 6.10 Å². The zero-order chi connectivity index (χ0) is 21.6. The predicted molar refractivity (Wildman–Crippen MR) is 125 cm³/mol. The highest BCUT2D eigenvalue weighted by Gasteiger charge is 2.41. The zero-order valence-electron chi connectivity index (χ0n) is 18.9. The number of ether oxygens (including phenoxy) is 2. The second kappa shape index (κ2) is 10.7. The van der Waals surface area contributed by atoms with Gasteiger partial charge in [0.15, 0.2) is 11.5 Å². The first-order chi connectivity index (χ1) is 15.2. The molecule has 176 valence electrons. The normalized spacial score (nSPS) is 24.2. The minimum absolute atomic E-state index is 0. The van der Waals surface area contributed by atoms with E-state index in [9.17, 15) is 9.90 Å². The predicted octanol–water partition coefficient (Wildman–Crippen LogP) is 4.46. The highest BCUT2D eigenvalue weighted by atomic mass is 16.6. The lowest BCUT2D eigenvalue weighted by molar-refractivity contribution is -0.123. The van der Waals surface area contributed by atoms with Crippen molar-refractivity contribution in [2.24, 2.45) is 0 Å².